The third-order valence-electron chi connectivity index (χ3n) is 12.8. The van der Waals surface area contributed by atoms with Gasteiger partial charge in [-0.05, 0) is 74.8 Å². The number of fused-ring (bicyclic) bond motifs is 5. The smallest absolute Gasteiger partial charge is 0.407 e. The highest BCUT2D eigenvalue weighted by molar-refractivity contribution is 5.93. The number of hydrogen-bond donors (Lipinski definition) is 4. The molecule has 1 unspecified atom stereocenters. The van der Waals surface area contributed by atoms with Gasteiger partial charge in [-0.3, -0.25) is 14.2 Å². The van der Waals surface area contributed by atoms with Crippen molar-refractivity contribution in [1.29, 1.82) is 0 Å². The van der Waals surface area contributed by atoms with Gasteiger partial charge >= 0.3 is 12.2 Å². The van der Waals surface area contributed by atoms with Crippen molar-refractivity contribution >= 4 is 34.9 Å². The van der Waals surface area contributed by atoms with Crippen molar-refractivity contribution in [1.82, 2.24) is 49.9 Å². The Morgan fingerprint density at radius 3 is 1.91 bits per heavy atom. The molecule has 2 fully saturated rings. The van der Waals surface area contributed by atoms with Gasteiger partial charge in [-0.15, -0.1) is 0 Å². The van der Waals surface area contributed by atoms with Gasteiger partial charge in [0.1, 0.15) is 41.6 Å². The number of H-pyrrole nitrogens is 2. The third kappa shape index (κ3) is 7.99. The number of carbonyl (C=O) groups is 4. The molecule has 0 saturated carbocycles. The van der Waals surface area contributed by atoms with Gasteiger partial charge in [0, 0.05) is 29.6 Å². The maximum Gasteiger partial charge on any atom is 0.407 e. The number of oxazole rings is 1. The number of halogens is 1. The van der Waals surface area contributed by atoms with Crippen molar-refractivity contribution in [2.45, 2.75) is 90.7 Å². The van der Waals surface area contributed by atoms with Gasteiger partial charge in [-0.2, -0.15) is 0 Å². The molecule has 9 rings (SSSR count). The van der Waals surface area contributed by atoms with Crippen molar-refractivity contribution < 1.29 is 42.2 Å². The Morgan fingerprint density at radius 2 is 1.38 bits per heavy atom. The van der Waals surface area contributed by atoms with E-state index in [1.54, 1.807) is 34.5 Å². The van der Waals surface area contributed by atoms with Crippen LogP contribution in [0.3, 0.4) is 0 Å². The second-order valence-corrected chi connectivity index (χ2v) is 17.8. The molecule has 7 heterocycles. The number of aromatic nitrogens is 6. The van der Waals surface area contributed by atoms with Crippen LogP contribution in [0.15, 0.2) is 59.5 Å². The van der Waals surface area contributed by atoms with E-state index in [0.717, 1.165) is 35.0 Å². The van der Waals surface area contributed by atoms with Gasteiger partial charge in [0.05, 0.1) is 72.6 Å². The van der Waals surface area contributed by atoms with Crippen LogP contribution >= 0.6 is 0 Å². The number of methoxy groups -OCH3 is 2. The Kier molecular flexibility index (Phi) is 11.8. The summed E-state index contributed by atoms with van der Waals surface area (Å²) in [7, 11) is 2.53. The highest BCUT2D eigenvalue weighted by Crippen LogP contribution is 2.47. The molecular formula is C47H53FN10O8. The summed E-state index contributed by atoms with van der Waals surface area (Å²) in [6.07, 6.45) is 5.58. The first-order valence-electron chi connectivity index (χ1n) is 22.2. The van der Waals surface area contributed by atoms with Gasteiger partial charge in [0.25, 0.3) is 12.1 Å². The van der Waals surface area contributed by atoms with E-state index in [2.05, 4.69) is 30.6 Å². The molecule has 66 heavy (non-hydrogen) atoms. The van der Waals surface area contributed by atoms with Crippen molar-refractivity contribution in [3.63, 3.8) is 0 Å². The summed E-state index contributed by atoms with van der Waals surface area (Å²) >= 11 is 0. The number of rotatable bonds is 11. The molecular weight excluding hydrogens is 852 g/mol. The van der Waals surface area contributed by atoms with E-state index in [1.807, 2.05) is 63.5 Å². The summed E-state index contributed by atoms with van der Waals surface area (Å²) in [6.45, 7) is 10.3. The van der Waals surface area contributed by atoms with Gasteiger partial charge in [-0.1, -0.05) is 33.8 Å². The number of aromatic amines is 2. The maximum absolute atomic E-state index is 16.8. The Bertz CT molecular complexity index is 2830. The second-order valence-electron chi connectivity index (χ2n) is 17.8. The summed E-state index contributed by atoms with van der Waals surface area (Å²) in [5.74, 6) is 0.458. The molecule has 3 aliphatic rings. The summed E-state index contributed by atoms with van der Waals surface area (Å²) in [5.41, 5.74) is 4.80. The first kappa shape index (κ1) is 44.0. The zero-order valence-electron chi connectivity index (χ0n) is 37.8. The average molecular weight is 905 g/mol. The van der Waals surface area contributed by atoms with Crippen molar-refractivity contribution in [2.75, 3.05) is 27.3 Å². The van der Waals surface area contributed by atoms with E-state index in [0.29, 0.717) is 66.1 Å². The Hall–Kier alpha value is -7.18. The average Bonchev–Trinajstić information content (AvgIpc) is 4.16. The first-order chi connectivity index (χ1) is 31.7. The van der Waals surface area contributed by atoms with Crippen LogP contribution in [0.5, 0.6) is 5.75 Å². The largest absolute Gasteiger partial charge is 0.460 e. The lowest BCUT2D eigenvalue weighted by molar-refractivity contribution is -0.136. The molecule has 0 radical (unpaired) electrons. The predicted molar refractivity (Wildman–Crippen MR) is 238 cm³/mol. The summed E-state index contributed by atoms with van der Waals surface area (Å²) < 4.78 is 40.7. The number of ether oxygens (including phenoxy) is 3. The summed E-state index contributed by atoms with van der Waals surface area (Å²) in [4.78, 5) is 76.0. The molecule has 346 valence electrons. The summed E-state index contributed by atoms with van der Waals surface area (Å²) in [5, 5.41) is 6.16. The van der Waals surface area contributed by atoms with Gasteiger partial charge in [0.15, 0.2) is 0 Å². The van der Waals surface area contributed by atoms with E-state index in [-0.39, 0.29) is 47.0 Å². The maximum atomic E-state index is 16.8. The number of imidazole rings is 2. The van der Waals surface area contributed by atoms with E-state index >= 15 is 4.39 Å². The Balaban J connectivity index is 1.02. The Morgan fingerprint density at radius 1 is 0.803 bits per heavy atom. The molecule has 4 N–H and O–H groups in total. The number of alkyl carbamates (subject to hydrolysis) is 2. The molecule has 18 nitrogen and oxygen atoms in total. The summed E-state index contributed by atoms with van der Waals surface area (Å²) in [6, 6.07) is 8.77. The number of benzene rings is 2. The molecule has 4 amide bonds. The van der Waals surface area contributed by atoms with E-state index < -0.39 is 36.3 Å². The standard InChI is InChI=1S/C47H53FN10O8/c1-23(2)38(54-46(61)63-6)43(59)56-14-8-10-33(56)40-49-20-30(52-40)26-12-13-32-28(16-26)18-35-37-29(48)17-27(19-36(37)66-45(58(32)35)42-51-25(5)22-65-42)31-21-50-41(53-31)34-11-9-15-57(34)44(60)39(24(3)4)55-47(62)64-7/h12-13,16-24,33-34,38-39,45H,8-11,14-15H2,1-7H3,(H,49,52)(H,50,53)(H,54,61)(H,55,62)/t33-,34-,38-,39-,45?/m0/s1. The van der Waals surface area contributed by atoms with Crippen LogP contribution in [0.2, 0.25) is 0 Å². The molecule has 0 bridgehead atoms. The molecule has 4 aromatic heterocycles. The van der Waals surface area contributed by atoms with Crippen molar-refractivity contribution in [3.8, 4) is 39.5 Å². The van der Waals surface area contributed by atoms with E-state index in [4.69, 9.17) is 23.6 Å². The number of aryl methyl sites for hydroxylation is 1. The lowest BCUT2D eigenvalue weighted by Crippen LogP contribution is -2.51. The minimum Gasteiger partial charge on any atom is -0.460 e. The minimum absolute atomic E-state index is 0.161. The van der Waals surface area contributed by atoms with Crippen molar-refractivity contribution in [2.24, 2.45) is 11.8 Å². The number of amides is 4. The number of nitrogens with one attached hydrogen (secondary N) is 4. The fraction of sp³-hybridized carbons (Fsp3) is 0.426. The van der Waals surface area contributed by atoms with Crippen LogP contribution in [0.25, 0.3) is 44.7 Å². The van der Waals surface area contributed by atoms with E-state index in [9.17, 15) is 19.2 Å². The number of hydrogen-bond acceptors (Lipinski definition) is 11. The van der Waals surface area contributed by atoms with Gasteiger partial charge in [0.2, 0.25) is 11.8 Å². The zero-order chi connectivity index (χ0) is 46.6. The molecule has 2 saturated heterocycles. The zero-order valence-corrected chi connectivity index (χ0v) is 37.8. The van der Waals surface area contributed by atoms with Crippen LogP contribution in [0, 0.1) is 24.6 Å². The van der Waals surface area contributed by atoms with E-state index in [1.165, 1.54) is 20.3 Å². The topological polar surface area (TPSA) is 215 Å². The molecule has 5 atom stereocenters. The highest BCUT2D eigenvalue weighted by atomic mass is 19.1. The molecule has 3 aliphatic heterocycles. The third-order valence-corrected chi connectivity index (χ3v) is 12.8. The number of likely N-dealkylation sites (tertiary alicyclic amines) is 2. The normalized spacial score (nSPS) is 18.8. The van der Waals surface area contributed by atoms with Crippen LogP contribution in [0.4, 0.5) is 14.0 Å². The fourth-order valence-electron chi connectivity index (χ4n) is 9.44. The minimum atomic E-state index is -0.880. The molecule has 2 aromatic carbocycles. The molecule has 6 aromatic rings. The number of nitrogens with zero attached hydrogens (tertiary/aromatic N) is 6. The van der Waals surface area contributed by atoms with Crippen LogP contribution in [-0.4, -0.2) is 103 Å². The van der Waals surface area contributed by atoms with Crippen LogP contribution in [-0.2, 0) is 19.1 Å². The van der Waals surface area contributed by atoms with Crippen LogP contribution < -0.4 is 15.4 Å². The lowest BCUT2D eigenvalue weighted by atomic mass is 10.0. The van der Waals surface area contributed by atoms with Gasteiger partial charge in [-0.25, -0.2) is 28.9 Å². The Labute approximate surface area is 379 Å². The monoisotopic (exact) mass is 904 g/mol. The highest BCUT2D eigenvalue weighted by Gasteiger charge is 2.40. The molecule has 19 heteroatoms. The SMILES string of the molecule is COC(=O)N[C@H](C(=O)N1CCC[C@H]1c1ncc(-c2cc(F)c3c(c2)OC(c2nc(C)co2)n2c-3cc3cc(-c4cnc([C@@H]5CCCN5C(=O)[C@@H](NC(=O)OC)C(C)C)[nH]4)ccc32)[nH]1)C(C)C. The molecule has 0 aliphatic carbocycles. The lowest BCUT2D eigenvalue weighted by Gasteiger charge is -2.30. The quantitative estimate of drug-likeness (QED) is 0.0996. The van der Waals surface area contributed by atoms with Crippen LogP contribution in [0.1, 0.15) is 94.9 Å². The molecule has 0 spiro atoms. The van der Waals surface area contributed by atoms with Gasteiger partial charge < -0.3 is 49.0 Å². The van der Waals surface area contributed by atoms with Crippen molar-refractivity contribution in [3.05, 3.63) is 84.1 Å². The predicted octanol–water partition coefficient (Wildman–Crippen LogP) is 7.55. The second kappa shape index (κ2) is 17.7. The number of carbonyl (C=O) groups excluding carboxylic acids is 4. The first-order valence-corrected chi connectivity index (χ1v) is 22.2. The fourth-order valence-corrected chi connectivity index (χ4v) is 9.44.